The van der Waals surface area contributed by atoms with E-state index in [1.807, 2.05) is 26.2 Å². The van der Waals surface area contributed by atoms with Gasteiger partial charge in [0.05, 0.1) is 10.7 Å². The average molecular weight is 293 g/mol. The van der Waals surface area contributed by atoms with Crippen LogP contribution in [0.25, 0.3) is 0 Å². The second-order valence-corrected chi connectivity index (χ2v) is 6.02. The smallest absolute Gasteiger partial charge is 0.248 e. The van der Waals surface area contributed by atoms with Gasteiger partial charge in [0.2, 0.25) is 11.9 Å². The normalized spacial score (nSPS) is 11.0. The number of thiazole rings is 1. The third-order valence-corrected chi connectivity index (χ3v) is 3.63. The summed E-state index contributed by atoms with van der Waals surface area (Å²) in [7, 11) is 0. The topological polar surface area (TPSA) is 83.6 Å². The molecular weight excluding hydrogens is 274 g/mol. The highest BCUT2D eigenvalue weighted by Gasteiger charge is 2.09. The Morgan fingerprint density at radius 1 is 1.45 bits per heavy atom. The molecule has 0 aliphatic heterocycles. The molecule has 20 heavy (non-hydrogen) atoms. The highest BCUT2D eigenvalue weighted by molar-refractivity contribution is 7.09. The second-order valence-electron chi connectivity index (χ2n) is 4.96. The van der Waals surface area contributed by atoms with Gasteiger partial charge in [-0.05, 0) is 19.8 Å². The van der Waals surface area contributed by atoms with Crippen LogP contribution >= 0.6 is 11.3 Å². The van der Waals surface area contributed by atoms with E-state index in [0.717, 1.165) is 29.4 Å². The van der Waals surface area contributed by atoms with Crippen molar-refractivity contribution in [2.45, 2.75) is 46.0 Å². The van der Waals surface area contributed by atoms with Crippen molar-refractivity contribution in [1.82, 2.24) is 20.2 Å². The van der Waals surface area contributed by atoms with Gasteiger partial charge in [-0.25, -0.2) is 4.98 Å². The van der Waals surface area contributed by atoms with E-state index in [1.54, 1.807) is 11.3 Å². The second kappa shape index (κ2) is 6.60. The predicted octanol–water partition coefficient (Wildman–Crippen LogP) is 2.65. The molecule has 2 heterocycles. The summed E-state index contributed by atoms with van der Waals surface area (Å²) in [6.45, 7) is 6.01. The Morgan fingerprint density at radius 3 is 2.85 bits per heavy atom. The highest BCUT2D eigenvalue weighted by atomic mass is 32.1. The largest absolute Gasteiger partial charge is 0.293 e. The van der Waals surface area contributed by atoms with Crippen molar-refractivity contribution in [2.24, 2.45) is 0 Å². The minimum Gasteiger partial charge on any atom is -0.293 e. The van der Waals surface area contributed by atoms with Crippen LogP contribution in [0.5, 0.6) is 0 Å². The number of aryl methyl sites for hydroxylation is 2. The van der Waals surface area contributed by atoms with E-state index < -0.39 is 0 Å². The number of amides is 1. The summed E-state index contributed by atoms with van der Waals surface area (Å²) in [5, 5.41) is 12.6. The molecule has 0 radical (unpaired) electrons. The van der Waals surface area contributed by atoms with E-state index in [9.17, 15) is 4.79 Å². The lowest BCUT2D eigenvalue weighted by Gasteiger charge is -2.00. The van der Waals surface area contributed by atoms with Gasteiger partial charge in [0.15, 0.2) is 0 Å². The molecule has 0 aliphatic carbocycles. The van der Waals surface area contributed by atoms with Crippen molar-refractivity contribution in [1.29, 1.82) is 0 Å². The number of hydrogen-bond donors (Lipinski definition) is 2. The van der Waals surface area contributed by atoms with Gasteiger partial charge in [0, 0.05) is 17.7 Å². The molecule has 0 atom stereocenters. The quantitative estimate of drug-likeness (QED) is 0.857. The molecule has 0 spiro atoms. The molecule has 0 unspecified atom stereocenters. The first-order chi connectivity index (χ1) is 9.54. The Hall–Kier alpha value is -1.76. The lowest BCUT2D eigenvalue weighted by molar-refractivity contribution is -0.116. The molecule has 0 bridgehead atoms. The van der Waals surface area contributed by atoms with Crippen LogP contribution in [0.4, 0.5) is 5.95 Å². The molecule has 2 N–H and O–H groups in total. The number of H-pyrrole nitrogens is 1. The molecule has 2 aromatic rings. The third-order valence-electron chi connectivity index (χ3n) is 2.80. The van der Waals surface area contributed by atoms with E-state index in [4.69, 9.17) is 0 Å². The Kier molecular flexibility index (Phi) is 4.84. The first kappa shape index (κ1) is 14.6. The minimum atomic E-state index is -0.0637. The fraction of sp³-hybridized carbons (Fsp3) is 0.538. The summed E-state index contributed by atoms with van der Waals surface area (Å²) in [6.07, 6.45) is 2.04. The van der Waals surface area contributed by atoms with Crippen molar-refractivity contribution in [3.8, 4) is 0 Å². The highest BCUT2D eigenvalue weighted by Crippen LogP contribution is 2.12. The maximum atomic E-state index is 11.8. The predicted molar refractivity (Wildman–Crippen MR) is 78.9 cm³/mol. The summed E-state index contributed by atoms with van der Waals surface area (Å²) in [4.78, 5) is 20.3. The number of nitrogens with one attached hydrogen (secondary N) is 2. The summed E-state index contributed by atoms with van der Waals surface area (Å²) >= 11 is 1.64. The zero-order valence-electron chi connectivity index (χ0n) is 11.9. The standard InChI is InChI=1S/C13H19N5OS/c1-8(2)12-16-13(18-17-12)15-11(19)6-4-5-10-7-20-9(3)14-10/h7-8H,4-6H2,1-3H3,(H2,15,16,17,18,19). The summed E-state index contributed by atoms with van der Waals surface area (Å²) in [5.74, 6) is 1.33. The van der Waals surface area contributed by atoms with Gasteiger partial charge in [-0.2, -0.15) is 4.98 Å². The number of aromatic nitrogens is 4. The van der Waals surface area contributed by atoms with Crippen molar-refractivity contribution in [2.75, 3.05) is 5.32 Å². The first-order valence-electron chi connectivity index (χ1n) is 6.67. The van der Waals surface area contributed by atoms with E-state index in [-0.39, 0.29) is 11.8 Å². The van der Waals surface area contributed by atoms with Crippen LogP contribution < -0.4 is 5.32 Å². The molecule has 0 aromatic carbocycles. The molecule has 1 amide bonds. The van der Waals surface area contributed by atoms with Crippen LogP contribution in [0.1, 0.15) is 49.1 Å². The number of carbonyl (C=O) groups is 1. The Bertz CT molecular complexity index is 575. The Morgan fingerprint density at radius 2 is 2.25 bits per heavy atom. The van der Waals surface area contributed by atoms with Crippen molar-refractivity contribution in [3.05, 3.63) is 21.9 Å². The van der Waals surface area contributed by atoms with Crippen LogP contribution in [0.3, 0.4) is 0 Å². The maximum absolute atomic E-state index is 11.8. The molecule has 108 valence electrons. The fourth-order valence-corrected chi connectivity index (χ4v) is 2.38. The van der Waals surface area contributed by atoms with Crippen LogP contribution in [-0.2, 0) is 11.2 Å². The maximum Gasteiger partial charge on any atom is 0.248 e. The van der Waals surface area contributed by atoms with E-state index in [2.05, 4.69) is 25.5 Å². The molecule has 7 heteroatoms. The van der Waals surface area contributed by atoms with Gasteiger partial charge in [0.1, 0.15) is 5.82 Å². The SMILES string of the molecule is Cc1nc(CCCC(=O)Nc2n[nH]c(C(C)C)n2)cs1. The molecule has 0 saturated heterocycles. The summed E-state index contributed by atoms with van der Waals surface area (Å²) in [6, 6.07) is 0. The van der Waals surface area contributed by atoms with Crippen molar-refractivity contribution < 1.29 is 4.79 Å². The number of carbonyl (C=O) groups excluding carboxylic acids is 1. The molecule has 2 rings (SSSR count). The minimum absolute atomic E-state index is 0.0637. The monoisotopic (exact) mass is 293 g/mol. The van der Waals surface area contributed by atoms with E-state index in [0.29, 0.717) is 12.4 Å². The number of rotatable bonds is 6. The van der Waals surface area contributed by atoms with Gasteiger partial charge in [-0.15, -0.1) is 16.4 Å². The molecule has 2 aromatic heterocycles. The summed E-state index contributed by atoms with van der Waals surface area (Å²) in [5.41, 5.74) is 1.06. The van der Waals surface area contributed by atoms with E-state index >= 15 is 0 Å². The lowest BCUT2D eigenvalue weighted by Crippen LogP contribution is -2.12. The molecule has 0 aliphatic rings. The molecule has 0 saturated carbocycles. The van der Waals surface area contributed by atoms with Crippen molar-refractivity contribution in [3.63, 3.8) is 0 Å². The number of nitrogens with zero attached hydrogens (tertiary/aromatic N) is 3. The third kappa shape index (κ3) is 4.12. The van der Waals surface area contributed by atoms with E-state index in [1.165, 1.54) is 0 Å². The fourth-order valence-electron chi connectivity index (χ4n) is 1.73. The van der Waals surface area contributed by atoms with Gasteiger partial charge in [0.25, 0.3) is 0 Å². The van der Waals surface area contributed by atoms with Gasteiger partial charge >= 0.3 is 0 Å². The Labute approximate surface area is 122 Å². The Balaban J connectivity index is 1.74. The first-order valence-corrected chi connectivity index (χ1v) is 7.55. The van der Waals surface area contributed by atoms with Crippen LogP contribution in [0, 0.1) is 6.92 Å². The molecular formula is C13H19N5OS. The molecule has 0 fully saturated rings. The van der Waals surface area contributed by atoms with Gasteiger partial charge < -0.3 is 0 Å². The number of aromatic amines is 1. The zero-order chi connectivity index (χ0) is 14.5. The van der Waals surface area contributed by atoms with Crippen LogP contribution in [-0.4, -0.2) is 26.1 Å². The van der Waals surface area contributed by atoms with Crippen molar-refractivity contribution >= 4 is 23.2 Å². The zero-order valence-corrected chi connectivity index (χ0v) is 12.8. The summed E-state index contributed by atoms with van der Waals surface area (Å²) < 4.78 is 0. The van der Waals surface area contributed by atoms with Gasteiger partial charge in [-0.1, -0.05) is 13.8 Å². The van der Waals surface area contributed by atoms with Crippen LogP contribution in [0.15, 0.2) is 5.38 Å². The van der Waals surface area contributed by atoms with Gasteiger partial charge in [-0.3, -0.25) is 15.2 Å². The molecule has 6 nitrogen and oxygen atoms in total. The number of anilines is 1. The average Bonchev–Trinajstić information content (AvgIpc) is 2.99. The number of hydrogen-bond acceptors (Lipinski definition) is 5. The lowest BCUT2D eigenvalue weighted by atomic mass is 10.2. The van der Waals surface area contributed by atoms with Crippen LogP contribution in [0.2, 0.25) is 0 Å².